The van der Waals surface area contributed by atoms with E-state index in [1.165, 1.54) is 22.2 Å². The van der Waals surface area contributed by atoms with Crippen molar-refractivity contribution in [3.05, 3.63) is 74.3 Å². The van der Waals surface area contributed by atoms with Gasteiger partial charge in [0.15, 0.2) is 5.16 Å². The fourth-order valence-electron chi connectivity index (χ4n) is 3.99. The van der Waals surface area contributed by atoms with E-state index in [2.05, 4.69) is 5.32 Å². The smallest absolute Gasteiger partial charge is 0.267 e. The van der Waals surface area contributed by atoms with E-state index < -0.39 is 0 Å². The van der Waals surface area contributed by atoms with E-state index in [0.29, 0.717) is 17.5 Å². The standard InChI is InChI=1S/C24H23N3O3S2/c1-14-8-9-16(11-15(14)2)27-23(29)21-18-6-3-7-19(18)32-22(21)26-24(27)31-13-20(28)25-12-17-5-4-10-30-17/h4-5,8-11H,3,6-7,12-13H2,1-2H3,(H,25,28). The molecule has 0 saturated heterocycles. The summed E-state index contributed by atoms with van der Waals surface area (Å²) < 4.78 is 6.93. The minimum Gasteiger partial charge on any atom is -0.467 e. The van der Waals surface area contributed by atoms with Gasteiger partial charge in [0.1, 0.15) is 10.6 Å². The predicted octanol–water partition coefficient (Wildman–Crippen LogP) is 4.55. The molecule has 5 rings (SSSR count). The van der Waals surface area contributed by atoms with Crippen molar-refractivity contribution in [2.45, 2.75) is 44.8 Å². The SMILES string of the molecule is Cc1ccc(-n2c(SCC(=O)NCc3ccco3)nc3sc4c(c3c2=O)CCC4)cc1C. The average molecular weight is 466 g/mol. The third kappa shape index (κ3) is 3.89. The molecule has 6 nitrogen and oxygen atoms in total. The normalized spacial score (nSPS) is 12.9. The zero-order valence-electron chi connectivity index (χ0n) is 17.9. The van der Waals surface area contributed by atoms with E-state index in [-0.39, 0.29) is 17.2 Å². The lowest BCUT2D eigenvalue weighted by molar-refractivity contribution is -0.118. The number of thioether (sulfide) groups is 1. The van der Waals surface area contributed by atoms with E-state index in [9.17, 15) is 9.59 Å². The molecule has 4 aromatic rings. The fraction of sp³-hybridized carbons (Fsp3) is 0.292. The Bertz CT molecular complexity index is 1370. The molecule has 164 valence electrons. The molecule has 8 heteroatoms. The van der Waals surface area contributed by atoms with Gasteiger partial charge in [0.05, 0.1) is 29.6 Å². The van der Waals surface area contributed by atoms with Crippen molar-refractivity contribution in [2.24, 2.45) is 0 Å². The number of thiophene rings is 1. The second kappa shape index (κ2) is 8.60. The van der Waals surface area contributed by atoms with Gasteiger partial charge in [0, 0.05) is 4.88 Å². The summed E-state index contributed by atoms with van der Waals surface area (Å²) in [5, 5.41) is 4.13. The summed E-state index contributed by atoms with van der Waals surface area (Å²) in [5.41, 5.74) is 4.17. The lowest BCUT2D eigenvalue weighted by atomic mass is 10.1. The first-order valence-electron chi connectivity index (χ1n) is 10.6. The van der Waals surface area contributed by atoms with Crippen LogP contribution in [0.25, 0.3) is 15.9 Å². The minimum absolute atomic E-state index is 0.0452. The van der Waals surface area contributed by atoms with E-state index >= 15 is 0 Å². The Morgan fingerprint density at radius 1 is 1.25 bits per heavy atom. The van der Waals surface area contributed by atoms with Gasteiger partial charge in [-0.1, -0.05) is 17.8 Å². The fourth-order valence-corrected chi connectivity index (χ4v) is 6.14. The van der Waals surface area contributed by atoms with E-state index in [4.69, 9.17) is 9.40 Å². The van der Waals surface area contributed by atoms with Crippen molar-refractivity contribution in [3.8, 4) is 5.69 Å². The number of hydrogen-bond acceptors (Lipinski definition) is 6. The highest BCUT2D eigenvalue weighted by Crippen LogP contribution is 2.36. The van der Waals surface area contributed by atoms with Crippen molar-refractivity contribution in [1.82, 2.24) is 14.9 Å². The van der Waals surface area contributed by atoms with Crippen LogP contribution in [-0.4, -0.2) is 21.2 Å². The van der Waals surface area contributed by atoms with Crippen LogP contribution in [0.5, 0.6) is 0 Å². The molecular formula is C24H23N3O3S2. The second-order valence-electron chi connectivity index (χ2n) is 7.99. The molecule has 0 aliphatic heterocycles. The lowest BCUT2D eigenvalue weighted by Crippen LogP contribution is -2.26. The Labute approximate surface area is 193 Å². The number of aromatic nitrogens is 2. The molecule has 1 aliphatic rings. The molecule has 3 aromatic heterocycles. The van der Waals surface area contributed by atoms with Gasteiger partial charge < -0.3 is 9.73 Å². The van der Waals surface area contributed by atoms with Crippen LogP contribution in [-0.2, 0) is 24.2 Å². The van der Waals surface area contributed by atoms with Crippen molar-refractivity contribution in [3.63, 3.8) is 0 Å². The lowest BCUT2D eigenvalue weighted by Gasteiger charge is -2.14. The van der Waals surface area contributed by atoms with Crippen molar-refractivity contribution in [2.75, 3.05) is 5.75 Å². The Hall–Kier alpha value is -2.84. The minimum atomic E-state index is -0.138. The van der Waals surface area contributed by atoms with Gasteiger partial charge in [-0.25, -0.2) is 4.98 Å². The highest BCUT2D eigenvalue weighted by molar-refractivity contribution is 7.99. The largest absolute Gasteiger partial charge is 0.467 e. The average Bonchev–Trinajstić information content (AvgIpc) is 3.50. The van der Waals surface area contributed by atoms with Crippen LogP contribution in [0.15, 0.2) is 51.0 Å². The molecule has 1 amide bonds. The monoisotopic (exact) mass is 465 g/mol. The molecule has 0 bridgehead atoms. The van der Waals surface area contributed by atoms with E-state index in [1.807, 2.05) is 38.1 Å². The number of rotatable bonds is 6. The van der Waals surface area contributed by atoms with Crippen molar-refractivity contribution < 1.29 is 9.21 Å². The molecule has 32 heavy (non-hydrogen) atoms. The molecule has 0 unspecified atom stereocenters. The maximum absolute atomic E-state index is 13.7. The van der Waals surface area contributed by atoms with Gasteiger partial charge in [0.25, 0.3) is 5.56 Å². The van der Waals surface area contributed by atoms with Gasteiger partial charge in [-0.3, -0.25) is 14.2 Å². The maximum Gasteiger partial charge on any atom is 0.267 e. The number of hydrogen-bond donors (Lipinski definition) is 1. The molecule has 1 aromatic carbocycles. The Morgan fingerprint density at radius 2 is 2.12 bits per heavy atom. The van der Waals surface area contributed by atoms with E-state index in [0.717, 1.165) is 46.3 Å². The molecule has 1 aliphatic carbocycles. The second-order valence-corrected chi connectivity index (χ2v) is 10.0. The molecule has 0 fully saturated rings. The highest BCUT2D eigenvalue weighted by Gasteiger charge is 2.24. The van der Waals surface area contributed by atoms with Gasteiger partial charge >= 0.3 is 0 Å². The first-order chi connectivity index (χ1) is 15.5. The first kappa shape index (κ1) is 21.0. The summed E-state index contributed by atoms with van der Waals surface area (Å²) in [6.07, 6.45) is 4.61. The third-order valence-electron chi connectivity index (χ3n) is 5.83. The number of furan rings is 1. The summed E-state index contributed by atoms with van der Waals surface area (Å²) in [7, 11) is 0. The molecule has 0 saturated carbocycles. The van der Waals surface area contributed by atoms with Gasteiger partial charge in [-0.2, -0.15) is 0 Å². The van der Waals surface area contributed by atoms with E-state index in [1.54, 1.807) is 28.2 Å². The molecule has 3 heterocycles. The number of carbonyl (C=O) groups excluding carboxylic acids is 1. The number of amides is 1. The van der Waals surface area contributed by atoms with Gasteiger partial charge in [-0.05, 0) is 74.1 Å². The summed E-state index contributed by atoms with van der Waals surface area (Å²) in [6.45, 7) is 4.42. The first-order valence-corrected chi connectivity index (χ1v) is 12.4. The highest BCUT2D eigenvalue weighted by atomic mass is 32.2. The van der Waals surface area contributed by atoms with Crippen LogP contribution in [0.2, 0.25) is 0 Å². The molecular weight excluding hydrogens is 442 g/mol. The molecule has 0 spiro atoms. The molecule has 0 radical (unpaired) electrons. The Kier molecular flexibility index (Phi) is 5.65. The molecule has 1 N–H and O–H groups in total. The number of aryl methyl sites for hydroxylation is 4. The predicted molar refractivity (Wildman–Crippen MR) is 128 cm³/mol. The summed E-state index contributed by atoms with van der Waals surface area (Å²) in [5.74, 6) is 0.721. The van der Waals surface area contributed by atoms with Crippen LogP contribution < -0.4 is 10.9 Å². The number of benzene rings is 1. The zero-order chi connectivity index (χ0) is 22.2. The number of carbonyl (C=O) groups is 1. The summed E-state index contributed by atoms with van der Waals surface area (Å²) in [4.78, 5) is 33.0. The summed E-state index contributed by atoms with van der Waals surface area (Å²) in [6, 6.07) is 9.58. The Balaban J connectivity index is 1.51. The summed E-state index contributed by atoms with van der Waals surface area (Å²) >= 11 is 2.90. The van der Waals surface area contributed by atoms with Crippen LogP contribution in [0.4, 0.5) is 0 Å². The Morgan fingerprint density at radius 3 is 2.91 bits per heavy atom. The molecule has 0 atom stereocenters. The van der Waals surface area contributed by atoms with Crippen LogP contribution in [0.1, 0.15) is 33.7 Å². The number of nitrogens with one attached hydrogen (secondary N) is 1. The van der Waals surface area contributed by atoms with Gasteiger partial charge in [-0.15, -0.1) is 11.3 Å². The zero-order valence-corrected chi connectivity index (χ0v) is 19.6. The number of nitrogens with zero attached hydrogens (tertiary/aromatic N) is 2. The van der Waals surface area contributed by atoms with Crippen molar-refractivity contribution >= 4 is 39.2 Å². The van der Waals surface area contributed by atoms with Gasteiger partial charge in [0.2, 0.25) is 5.91 Å². The number of fused-ring (bicyclic) bond motifs is 3. The van der Waals surface area contributed by atoms with Crippen LogP contribution >= 0.6 is 23.1 Å². The third-order valence-corrected chi connectivity index (χ3v) is 7.95. The maximum atomic E-state index is 13.7. The topological polar surface area (TPSA) is 77.1 Å². The van der Waals surface area contributed by atoms with Crippen molar-refractivity contribution in [1.29, 1.82) is 0 Å². The van der Waals surface area contributed by atoms with Crippen LogP contribution in [0.3, 0.4) is 0 Å². The van der Waals surface area contributed by atoms with Crippen LogP contribution in [0, 0.1) is 13.8 Å². The quantitative estimate of drug-likeness (QED) is 0.334.